The van der Waals surface area contributed by atoms with Gasteiger partial charge < -0.3 is 19.7 Å². The summed E-state index contributed by atoms with van der Waals surface area (Å²) in [6, 6.07) is 6.59. The average Bonchev–Trinajstić information content (AvgIpc) is 3.35. The number of carboxylic acid groups (broad SMARTS) is 1. The summed E-state index contributed by atoms with van der Waals surface area (Å²) in [5.74, 6) is -1.19. The molecule has 1 aromatic rings. The first kappa shape index (κ1) is 18.9. The van der Waals surface area contributed by atoms with E-state index in [1.807, 2.05) is 52.0 Å². The van der Waals surface area contributed by atoms with Crippen LogP contribution in [-0.2, 0) is 25.3 Å². The minimum absolute atomic E-state index is 0.0115. The number of aliphatic carboxylic acids is 1. The van der Waals surface area contributed by atoms with Gasteiger partial charge in [0.05, 0.1) is 11.2 Å². The lowest BCUT2D eigenvalue weighted by atomic mass is 9.78. The fraction of sp³-hybridized carbons (Fsp3) is 0.579. The van der Waals surface area contributed by atoms with Gasteiger partial charge in [-0.15, -0.1) is 0 Å². The Balaban J connectivity index is 1.65. The topological polar surface area (TPSA) is 84.9 Å². The molecule has 7 heteroatoms. The van der Waals surface area contributed by atoms with E-state index in [9.17, 15) is 14.7 Å². The van der Waals surface area contributed by atoms with Crippen LogP contribution in [0.15, 0.2) is 24.3 Å². The maximum absolute atomic E-state index is 11.9. The van der Waals surface area contributed by atoms with E-state index >= 15 is 0 Å². The Labute approximate surface area is 154 Å². The van der Waals surface area contributed by atoms with Gasteiger partial charge in [-0.25, -0.2) is 4.79 Å². The second kappa shape index (κ2) is 6.70. The molecule has 1 aliphatic heterocycles. The molecular formula is C19H26BNO5. The van der Waals surface area contributed by atoms with Gasteiger partial charge in [-0.2, -0.15) is 0 Å². The molecule has 2 N–H and O–H groups in total. The zero-order valence-electron chi connectivity index (χ0n) is 15.7. The Morgan fingerprint density at radius 3 is 2.15 bits per heavy atom. The van der Waals surface area contributed by atoms with Crippen LogP contribution in [0.3, 0.4) is 0 Å². The summed E-state index contributed by atoms with van der Waals surface area (Å²) in [6.45, 7) is 8.01. The highest BCUT2D eigenvalue weighted by Gasteiger charge is 2.51. The normalized spacial score (nSPS) is 22.1. The van der Waals surface area contributed by atoms with Crippen molar-refractivity contribution in [2.45, 2.75) is 64.2 Å². The molecule has 1 atom stereocenters. The average molecular weight is 359 g/mol. The summed E-state index contributed by atoms with van der Waals surface area (Å²) < 4.78 is 12.0. The minimum Gasteiger partial charge on any atom is -0.480 e. The van der Waals surface area contributed by atoms with E-state index in [2.05, 4.69) is 5.32 Å². The molecule has 0 radical (unpaired) electrons. The number of carbonyl (C=O) groups is 2. The van der Waals surface area contributed by atoms with E-state index in [-0.39, 0.29) is 18.2 Å². The van der Waals surface area contributed by atoms with Crippen LogP contribution in [0.5, 0.6) is 0 Å². The maximum atomic E-state index is 11.9. The molecule has 2 aliphatic rings. The van der Waals surface area contributed by atoms with Crippen molar-refractivity contribution in [1.82, 2.24) is 5.32 Å². The molecule has 6 nitrogen and oxygen atoms in total. The van der Waals surface area contributed by atoms with Gasteiger partial charge in [-0.05, 0) is 51.6 Å². The third-order valence-electron chi connectivity index (χ3n) is 5.51. The predicted octanol–water partition coefficient (Wildman–Crippen LogP) is 1.51. The first-order chi connectivity index (χ1) is 12.1. The van der Waals surface area contributed by atoms with E-state index in [1.54, 1.807) is 0 Å². The summed E-state index contributed by atoms with van der Waals surface area (Å²) in [5.41, 5.74) is 0.922. The number of carboxylic acids is 1. The quantitative estimate of drug-likeness (QED) is 0.752. The third-order valence-corrected chi connectivity index (χ3v) is 5.51. The molecule has 1 amide bonds. The van der Waals surface area contributed by atoms with Crippen molar-refractivity contribution in [3.63, 3.8) is 0 Å². The fourth-order valence-electron chi connectivity index (χ4n) is 2.86. The van der Waals surface area contributed by atoms with Crippen LogP contribution in [0.4, 0.5) is 0 Å². The lowest BCUT2D eigenvalue weighted by molar-refractivity contribution is -0.142. The van der Waals surface area contributed by atoms with E-state index in [0.717, 1.165) is 23.9 Å². The summed E-state index contributed by atoms with van der Waals surface area (Å²) in [5, 5.41) is 12.0. The fourth-order valence-corrected chi connectivity index (χ4v) is 2.86. The van der Waals surface area contributed by atoms with Gasteiger partial charge in [0, 0.05) is 12.3 Å². The van der Waals surface area contributed by atoms with Crippen LogP contribution in [0.1, 0.15) is 46.1 Å². The highest BCUT2D eigenvalue weighted by atomic mass is 16.7. The summed E-state index contributed by atoms with van der Waals surface area (Å²) >= 11 is 0. The van der Waals surface area contributed by atoms with Crippen molar-refractivity contribution >= 4 is 24.5 Å². The van der Waals surface area contributed by atoms with Crippen LogP contribution in [0, 0.1) is 5.92 Å². The molecule has 0 unspecified atom stereocenters. The Hall–Kier alpha value is -1.86. The Kier molecular flexibility index (Phi) is 4.88. The third kappa shape index (κ3) is 3.94. The lowest BCUT2D eigenvalue weighted by Crippen LogP contribution is -2.43. The van der Waals surface area contributed by atoms with Crippen LogP contribution in [0.2, 0.25) is 0 Å². The Morgan fingerprint density at radius 2 is 1.69 bits per heavy atom. The minimum atomic E-state index is -1.02. The molecular weight excluding hydrogens is 333 g/mol. The number of nitrogens with one attached hydrogen (secondary N) is 1. The number of carbonyl (C=O) groups excluding carboxylic acids is 1. The first-order valence-corrected chi connectivity index (χ1v) is 9.07. The number of amides is 1. The van der Waals surface area contributed by atoms with Gasteiger partial charge in [-0.1, -0.05) is 24.3 Å². The molecule has 1 saturated carbocycles. The number of hydrogen-bond acceptors (Lipinski definition) is 4. The number of hydrogen-bond donors (Lipinski definition) is 2. The SMILES string of the molecule is CC1(C)OB(c2ccc(C[C@H](NC(=O)C3CC3)C(=O)O)cc2)OC1(C)C. The predicted molar refractivity (Wildman–Crippen MR) is 98.2 cm³/mol. The zero-order valence-corrected chi connectivity index (χ0v) is 15.7. The highest BCUT2D eigenvalue weighted by molar-refractivity contribution is 6.62. The second-order valence-electron chi connectivity index (χ2n) is 8.21. The van der Waals surface area contributed by atoms with Gasteiger partial charge in [0.25, 0.3) is 0 Å². The van der Waals surface area contributed by atoms with Crippen molar-refractivity contribution < 1.29 is 24.0 Å². The number of rotatable bonds is 6. The molecule has 0 spiro atoms. The van der Waals surface area contributed by atoms with E-state index in [1.165, 1.54) is 0 Å². The molecule has 1 heterocycles. The van der Waals surface area contributed by atoms with Gasteiger partial charge in [0.2, 0.25) is 5.91 Å². The number of benzene rings is 1. The smallest absolute Gasteiger partial charge is 0.480 e. The van der Waals surface area contributed by atoms with Crippen LogP contribution in [0.25, 0.3) is 0 Å². The summed E-state index contributed by atoms with van der Waals surface area (Å²) in [7, 11) is -0.445. The second-order valence-corrected chi connectivity index (χ2v) is 8.21. The molecule has 3 rings (SSSR count). The summed E-state index contributed by atoms with van der Waals surface area (Å²) in [4.78, 5) is 23.3. The first-order valence-electron chi connectivity index (χ1n) is 9.07. The zero-order chi connectivity index (χ0) is 19.1. The Bertz CT molecular complexity index is 680. The van der Waals surface area contributed by atoms with Gasteiger partial charge in [0.1, 0.15) is 6.04 Å². The van der Waals surface area contributed by atoms with E-state index < -0.39 is 30.3 Å². The van der Waals surface area contributed by atoms with Crippen molar-refractivity contribution in [2.75, 3.05) is 0 Å². The molecule has 1 saturated heterocycles. The van der Waals surface area contributed by atoms with Gasteiger partial charge >= 0.3 is 13.1 Å². The van der Waals surface area contributed by atoms with Crippen molar-refractivity contribution in [2.24, 2.45) is 5.92 Å². The monoisotopic (exact) mass is 359 g/mol. The van der Waals surface area contributed by atoms with Crippen molar-refractivity contribution in [3.8, 4) is 0 Å². The molecule has 140 valence electrons. The largest absolute Gasteiger partial charge is 0.494 e. The maximum Gasteiger partial charge on any atom is 0.494 e. The standard InChI is InChI=1S/C19H26BNO5/c1-18(2)19(3,4)26-20(25-18)14-9-5-12(6-10-14)11-15(17(23)24)21-16(22)13-7-8-13/h5-6,9-10,13,15H,7-8,11H2,1-4H3,(H,21,22)(H,23,24)/t15-/m0/s1. The lowest BCUT2D eigenvalue weighted by Gasteiger charge is -2.32. The van der Waals surface area contributed by atoms with Gasteiger partial charge in [0.15, 0.2) is 0 Å². The van der Waals surface area contributed by atoms with E-state index in [4.69, 9.17) is 9.31 Å². The van der Waals surface area contributed by atoms with Crippen molar-refractivity contribution in [3.05, 3.63) is 29.8 Å². The molecule has 1 aromatic carbocycles. The van der Waals surface area contributed by atoms with Crippen LogP contribution < -0.4 is 10.8 Å². The highest BCUT2D eigenvalue weighted by Crippen LogP contribution is 2.36. The Morgan fingerprint density at radius 1 is 1.15 bits per heavy atom. The van der Waals surface area contributed by atoms with Crippen LogP contribution >= 0.6 is 0 Å². The molecule has 0 bridgehead atoms. The van der Waals surface area contributed by atoms with Gasteiger partial charge in [-0.3, -0.25) is 4.79 Å². The van der Waals surface area contributed by atoms with Crippen molar-refractivity contribution in [1.29, 1.82) is 0 Å². The van der Waals surface area contributed by atoms with E-state index in [0.29, 0.717) is 0 Å². The molecule has 26 heavy (non-hydrogen) atoms. The molecule has 2 fully saturated rings. The molecule has 0 aromatic heterocycles. The summed E-state index contributed by atoms with van der Waals surface area (Å²) in [6.07, 6.45) is 1.94. The molecule has 1 aliphatic carbocycles. The van der Waals surface area contributed by atoms with Crippen LogP contribution in [-0.4, -0.2) is 41.3 Å².